The zero-order chi connectivity index (χ0) is 13.7. The number of rotatable bonds is 5. The second kappa shape index (κ2) is 7.35. The maximum absolute atomic E-state index is 3.71. The molecule has 1 aliphatic rings. The molecule has 1 N–H and O–H groups in total. The summed E-state index contributed by atoms with van der Waals surface area (Å²) >= 11 is 2.12. The highest BCUT2D eigenvalue weighted by Crippen LogP contribution is 2.32. The van der Waals surface area contributed by atoms with Crippen LogP contribution >= 0.6 is 11.8 Å². The van der Waals surface area contributed by atoms with Crippen molar-refractivity contribution in [2.45, 2.75) is 46.1 Å². The first kappa shape index (κ1) is 14.9. The normalized spacial score (nSPS) is 18.5. The first-order valence-electron chi connectivity index (χ1n) is 7.59. The van der Waals surface area contributed by atoms with Crippen molar-refractivity contribution in [3.05, 3.63) is 34.9 Å². The van der Waals surface area contributed by atoms with Gasteiger partial charge in [0.15, 0.2) is 0 Å². The second-order valence-electron chi connectivity index (χ2n) is 5.76. The van der Waals surface area contributed by atoms with Crippen molar-refractivity contribution >= 4 is 11.8 Å². The summed E-state index contributed by atoms with van der Waals surface area (Å²) in [6, 6.07) is 7.41. The third-order valence-electron chi connectivity index (χ3n) is 4.17. The predicted molar refractivity (Wildman–Crippen MR) is 87.0 cm³/mol. The Morgan fingerprint density at radius 3 is 2.68 bits per heavy atom. The van der Waals surface area contributed by atoms with Gasteiger partial charge in [0, 0.05) is 6.04 Å². The van der Waals surface area contributed by atoms with Crippen LogP contribution < -0.4 is 5.32 Å². The molecule has 19 heavy (non-hydrogen) atoms. The molecule has 106 valence electrons. The van der Waals surface area contributed by atoms with E-state index in [2.05, 4.69) is 56.0 Å². The number of thioether (sulfide) groups is 1. The van der Waals surface area contributed by atoms with E-state index >= 15 is 0 Å². The molecule has 1 saturated heterocycles. The molecule has 0 aliphatic carbocycles. The molecule has 0 bridgehead atoms. The molecule has 1 atom stereocenters. The molecule has 1 aromatic rings. The SMILES string of the molecule is CCNC(CC1CCSCC1)c1cc(C)ccc1C. The minimum atomic E-state index is 0.540. The fourth-order valence-corrected chi connectivity index (χ4v) is 4.22. The van der Waals surface area contributed by atoms with E-state index in [9.17, 15) is 0 Å². The number of hydrogen-bond donors (Lipinski definition) is 1. The highest BCUT2D eigenvalue weighted by Gasteiger charge is 2.20. The first-order valence-corrected chi connectivity index (χ1v) is 8.74. The van der Waals surface area contributed by atoms with Crippen molar-refractivity contribution in [3.63, 3.8) is 0 Å². The molecule has 1 nitrogen and oxygen atoms in total. The van der Waals surface area contributed by atoms with Crippen LogP contribution in [0.3, 0.4) is 0 Å². The van der Waals surface area contributed by atoms with Gasteiger partial charge in [0.2, 0.25) is 0 Å². The molecular weight excluding hydrogens is 250 g/mol. The maximum Gasteiger partial charge on any atom is 0.0325 e. The van der Waals surface area contributed by atoms with Crippen molar-refractivity contribution in [2.24, 2.45) is 5.92 Å². The molecule has 0 saturated carbocycles. The lowest BCUT2D eigenvalue weighted by Crippen LogP contribution is -2.25. The summed E-state index contributed by atoms with van der Waals surface area (Å²) in [7, 11) is 0. The van der Waals surface area contributed by atoms with Crippen molar-refractivity contribution in [1.82, 2.24) is 5.32 Å². The van der Waals surface area contributed by atoms with E-state index < -0.39 is 0 Å². The van der Waals surface area contributed by atoms with Gasteiger partial charge in [-0.1, -0.05) is 30.7 Å². The van der Waals surface area contributed by atoms with E-state index in [-0.39, 0.29) is 0 Å². The van der Waals surface area contributed by atoms with E-state index in [1.165, 1.54) is 47.5 Å². The van der Waals surface area contributed by atoms with Gasteiger partial charge >= 0.3 is 0 Å². The largest absolute Gasteiger partial charge is 0.310 e. The Morgan fingerprint density at radius 2 is 2.00 bits per heavy atom. The van der Waals surface area contributed by atoms with Crippen molar-refractivity contribution < 1.29 is 0 Å². The standard InChI is InChI=1S/C17H27NS/c1-4-18-17(12-15-7-9-19-10-8-15)16-11-13(2)5-6-14(16)3/h5-6,11,15,17-18H,4,7-10,12H2,1-3H3. The van der Waals surface area contributed by atoms with E-state index in [0.29, 0.717) is 6.04 Å². The van der Waals surface area contributed by atoms with Crippen LogP contribution in [-0.4, -0.2) is 18.1 Å². The molecule has 1 aliphatic heterocycles. The second-order valence-corrected chi connectivity index (χ2v) is 6.99. The van der Waals surface area contributed by atoms with Gasteiger partial charge in [-0.25, -0.2) is 0 Å². The molecule has 2 heteroatoms. The van der Waals surface area contributed by atoms with Crippen molar-refractivity contribution in [2.75, 3.05) is 18.1 Å². The third kappa shape index (κ3) is 4.25. The summed E-state index contributed by atoms with van der Waals surface area (Å²) in [6.07, 6.45) is 4.10. The Morgan fingerprint density at radius 1 is 1.26 bits per heavy atom. The molecular formula is C17H27NS. The van der Waals surface area contributed by atoms with Gasteiger partial charge in [-0.05, 0) is 68.2 Å². The predicted octanol–water partition coefficient (Wildman–Crippen LogP) is 4.49. The smallest absolute Gasteiger partial charge is 0.0325 e. The third-order valence-corrected chi connectivity index (χ3v) is 5.22. The van der Waals surface area contributed by atoms with Gasteiger partial charge in [-0.3, -0.25) is 0 Å². The van der Waals surface area contributed by atoms with Gasteiger partial charge < -0.3 is 5.32 Å². The Labute approximate surface area is 122 Å². The monoisotopic (exact) mass is 277 g/mol. The van der Waals surface area contributed by atoms with Crippen LogP contribution in [0.2, 0.25) is 0 Å². The number of benzene rings is 1. The zero-order valence-corrected chi connectivity index (χ0v) is 13.4. The molecule has 0 aromatic heterocycles. The quantitative estimate of drug-likeness (QED) is 0.851. The van der Waals surface area contributed by atoms with Crippen molar-refractivity contribution in [1.29, 1.82) is 0 Å². The molecule has 1 unspecified atom stereocenters. The lowest BCUT2D eigenvalue weighted by atomic mass is 9.88. The van der Waals surface area contributed by atoms with E-state index in [1.54, 1.807) is 0 Å². The highest BCUT2D eigenvalue weighted by atomic mass is 32.2. The summed E-state index contributed by atoms with van der Waals surface area (Å²) in [5.41, 5.74) is 4.32. The fourth-order valence-electron chi connectivity index (χ4n) is 3.02. The zero-order valence-electron chi connectivity index (χ0n) is 12.5. The topological polar surface area (TPSA) is 12.0 Å². The summed E-state index contributed by atoms with van der Waals surface area (Å²) in [5.74, 6) is 3.62. The molecule has 0 radical (unpaired) electrons. The van der Waals surface area contributed by atoms with Crippen molar-refractivity contribution in [3.8, 4) is 0 Å². The molecule has 2 rings (SSSR count). The minimum absolute atomic E-state index is 0.540. The lowest BCUT2D eigenvalue weighted by Gasteiger charge is -2.28. The summed E-state index contributed by atoms with van der Waals surface area (Å²) in [4.78, 5) is 0. The highest BCUT2D eigenvalue weighted by molar-refractivity contribution is 7.99. The Balaban J connectivity index is 2.11. The molecule has 0 amide bonds. The van der Waals surface area contributed by atoms with E-state index in [4.69, 9.17) is 0 Å². The van der Waals surface area contributed by atoms with Gasteiger partial charge in [0.25, 0.3) is 0 Å². The van der Waals surface area contributed by atoms with Crippen LogP contribution in [-0.2, 0) is 0 Å². The molecule has 0 spiro atoms. The first-order chi connectivity index (χ1) is 9.20. The van der Waals surface area contributed by atoms with Gasteiger partial charge in [0.1, 0.15) is 0 Å². The van der Waals surface area contributed by atoms with Gasteiger partial charge in [0.05, 0.1) is 0 Å². The van der Waals surface area contributed by atoms with Crippen LogP contribution in [0, 0.1) is 19.8 Å². The van der Waals surface area contributed by atoms with Gasteiger partial charge in [-0.15, -0.1) is 0 Å². The lowest BCUT2D eigenvalue weighted by molar-refractivity contribution is 0.373. The van der Waals surface area contributed by atoms with E-state index in [0.717, 1.165) is 12.5 Å². The van der Waals surface area contributed by atoms with Crippen LogP contribution in [0.5, 0.6) is 0 Å². The Bertz CT molecular complexity index is 396. The number of aryl methyl sites for hydroxylation is 2. The summed E-state index contributed by atoms with van der Waals surface area (Å²) in [6.45, 7) is 7.72. The average Bonchev–Trinajstić information content (AvgIpc) is 2.42. The van der Waals surface area contributed by atoms with Gasteiger partial charge in [-0.2, -0.15) is 11.8 Å². The van der Waals surface area contributed by atoms with Crippen LogP contribution in [0.25, 0.3) is 0 Å². The number of hydrogen-bond acceptors (Lipinski definition) is 2. The maximum atomic E-state index is 3.71. The molecule has 1 heterocycles. The van der Waals surface area contributed by atoms with Crippen LogP contribution in [0.1, 0.15) is 48.9 Å². The Hall–Kier alpha value is -0.470. The average molecular weight is 277 g/mol. The fraction of sp³-hybridized carbons (Fsp3) is 0.647. The summed E-state index contributed by atoms with van der Waals surface area (Å²) < 4.78 is 0. The summed E-state index contributed by atoms with van der Waals surface area (Å²) in [5, 5.41) is 3.71. The number of nitrogens with one attached hydrogen (secondary N) is 1. The van der Waals surface area contributed by atoms with E-state index in [1.807, 2.05) is 0 Å². The Kier molecular flexibility index (Phi) is 5.77. The van der Waals surface area contributed by atoms with Crippen LogP contribution in [0.4, 0.5) is 0 Å². The molecule has 1 fully saturated rings. The minimum Gasteiger partial charge on any atom is -0.310 e. The van der Waals surface area contributed by atoms with Crippen LogP contribution in [0.15, 0.2) is 18.2 Å². The molecule has 1 aromatic carbocycles.